The molecule has 3 aromatic carbocycles. The first-order valence-electron chi connectivity index (χ1n) is 9.39. The van der Waals surface area contributed by atoms with Gasteiger partial charge in [-0.1, -0.05) is 40.2 Å². The number of anilines is 1. The third-order valence-electron chi connectivity index (χ3n) is 5.08. The van der Waals surface area contributed by atoms with Crippen LogP contribution < -0.4 is 5.32 Å². The predicted octanol–water partition coefficient (Wildman–Crippen LogP) is 4.93. The van der Waals surface area contributed by atoms with Gasteiger partial charge >= 0.3 is 0 Å². The summed E-state index contributed by atoms with van der Waals surface area (Å²) in [5.41, 5.74) is 2.82. The molecule has 1 aliphatic rings. The first kappa shape index (κ1) is 19.3. The summed E-state index contributed by atoms with van der Waals surface area (Å²) in [5.74, 6) is -0.752. The first-order valence-corrected chi connectivity index (χ1v) is 10.2. The van der Waals surface area contributed by atoms with Gasteiger partial charge in [0.2, 0.25) is 5.91 Å². The summed E-state index contributed by atoms with van der Waals surface area (Å²) >= 11 is 3.43. The van der Waals surface area contributed by atoms with E-state index in [0.717, 1.165) is 21.1 Å². The van der Waals surface area contributed by atoms with Crippen LogP contribution in [0.25, 0.3) is 10.8 Å². The SMILES string of the molecule is Cc1cc(NC(=O)CCCN2C(=O)c3cccc4cccc(c34)C2=O)ccc1Br. The maximum atomic E-state index is 12.8. The minimum atomic E-state index is -0.303. The summed E-state index contributed by atoms with van der Waals surface area (Å²) < 4.78 is 0.980. The van der Waals surface area contributed by atoms with Gasteiger partial charge in [0.15, 0.2) is 0 Å². The molecule has 1 N–H and O–H groups in total. The fraction of sp³-hybridized carbons (Fsp3) is 0.174. The van der Waals surface area contributed by atoms with Crippen LogP contribution >= 0.6 is 15.9 Å². The van der Waals surface area contributed by atoms with Crippen LogP contribution in [0.1, 0.15) is 39.1 Å². The Labute approximate surface area is 176 Å². The van der Waals surface area contributed by atoms with Gasteiger partial charge in [0.25, 0.3) is 11.8 Å². The molecule has 0 atom stereocenters. The highest BCUT2D eigenvalue weighted by Gasteiger charge is 2.32. The number of aryl methyl sites for hydroxylation is 1. The minimum absolute atomic E-state index is 0.147. The Kier molecular flexibility index (Phi) is 5.20. The Morgan fingerprint density at radius 2 is 1.66 bits per heavy atom. The summed E-state index contributed by atoms with van der Waals surface area (Å²) in [7, 11) is 0. The van der Waals surface area contributed by atoms with Crippen molar-refractivity contribution in [2.24, 2.45) is 0 Å². The zero-order chi connectivity index (χ0) is 20.5. The van der Waals surface area contributed by atoms with E-state index < -0.39 is 0 Å². The van der Waals surface area contributed by atoms with Crippen molar-refractivity contribution in [2.45, 2.75) is 19.8 Å². The van der Waals surface area contributed by atoms with Crippen molar-refractivity contribution >= 4 is 50.1 Å². The molecule has 5 nitrogen and oxygen atoms in total. The van der Waals surface area contributed by atoms with Crippen LogP contribution in [0.3, 0.4) is 0 Å². The highest BCUT2D eigenvalue weighted by atomic mass is 79.9. The molecule has 1 heterocycles. The van der Waals surface area contributed by atoms with E-state index in [4.69, 9.17) is 0 Å². The van der Waals surface area contributed by atoms with Crippen LogP contribution in [-0.2, 0) is 4.79 Å². The molecule has 3 amide bonds. The number of nitrogens with one attached hydrogen (secondary N) is 1. The number of amides is 3. The number of hydrogen-bond donors (Lipinski definition) is 1. The van der Waals surface area contributed by atoms with E-state index in [1.54, 1.807) is 12.1 Å². The largest absolute Gasteiger partial charge is 0.326 e. The summed E-state index contributed by atoms with van der Waals surface area (Å²) in [6.45, 7) is 2.15. The lowest BCUT2D eigenvalue weighted by molar-refractivity contribution is -0.116. The molecule has 4 rings (SSSR count). The zero-order valence-electron chi connectivity index (χ0n) is 15.9. The molecule has 0 spiro atoms. The Bertz CT molecular complexity index is 1110. The van der Waals surface area contributed by atoms with Crippen molar-refractivity contribution in [1.82, 2.24) is 4.90 Å². The van der Waals surface area contributed by atoms with Gasteiger partial charge in [0.05, 0.1) is 0 Å². The topological polar surface area (TPSA) is 66.5 Å². The summed E-state index contributed by atoms with van der Waals surface area (Å²) in [5, 5.41) is 4.45. The van der Waals surface area contributed by atoms with E-state index >= 15 is 0 Å². The molecule has 0 fully saturated rings. The van der Waals surface area contributed by atoms with Crippen LogP contribution in [0.5, 0.6) is 0 Å². The van der Waals surface area contributed by atoms with Crippen LogP contribution in [-0.4, -0.2) is 29.2 Å². The third kappa shape index (κ3) is 3.68. The van der Waals surface area contributed by atoms with Crippen LogP contribution in [0, 0.1) is 6.92 Å². The normalized spacial score (nSPS) is 13.1. The summed E-state index contributed by atoms with van der Waals surface area (Å²) in [6.07, 6.45) is 0.620. The second-order valence-electron chi connectivity index (χ2n) is 7.09. The molecule has 0 saturated heterocycles. The minimum Gasteiger partial charge on any atom is -0.326 e. The van der Waals surface area contributed by atoms with Crippen LogP contribution in [0.15, 0.2) is 59.1 Å². The molecule has 1 aliphatic heterocycles. The second kappa shape index (κ2) is 7.79. The number of rotatable bonds is 5. The van der Waals surface area contributed by atoms with E-state index in [9.17, 15) is 14.4 Å². The van der Waals surface area contributed by atoms with Gasteiger partial charge in [-0.05, 0) is 54.6 Å². The lowest BCUT2D eigenvalue weighted by atomic mass is 9.94. The van der Waals surface area contributed by atoms with Gasteiger partial charge in [0, 0.05) is 39.6 Å². The lowest BCUT2D eigenvalue weighted by Gasteiger charge is -2.27. The number of hydrogen-bond acceptors (Lipinski definition) is 3. The molecule has 3 aromatic rings. The fourth-order valence-corrected chi connectivity index (χ4v) is 3.87. The first-order chi connectivity index (χ1) is 14.0. The lowest BCUT2D eigenvalue weighted by Crippen LogP contribution is -2.41. The average Bonchev–Trinajstić information content (AvgIpc) is 2.71. The van der Waals surface area contributed by atoms with Crippen molar-refractivity contribution in [1.29, 1.82) is 0 Å². The van der Waals surface area contributed by atoms with Crippen LogP contribution in [0.4, 0.5) is 5.69 Å². The number of imide groups is 1. The average molecular weight is 451 g/mol. The van der Waals surface area contributed by atoms with E-state index in [1.165, 1.54) is 4.90 Å². The van der Waals surface area contributed by atoms with Crippen LogP contribution in [0.2, 0.25) is 0 Å². The van der Waals surface area contributed by atoms with Crippen molar-refractivity contribution in [3.63, 3.8) is 0 Å². The highest BCUT2D eigenvalue weighted by molar-refractivity contribution is 9.10. The van der Waals surface area contributed by atoms with E-state index in [2.05, 4.69) is 21.2 Å². The van der Waals surface area contributed by atoms with Crippen molar-refractivity contribution in [3.8, 4) is 0 Å². The van der Waals surface area contributed by atoms with Crippen molar-refractivity contribution in [3.05, 3.63) is 75.8 Å². The molecule has 29 heavy (non-hydrogen) atoms. The third-order valence-corrected chi connectivity index (χ3v) is 5.97. The molecular formula is C23H19BrN2O3. The van der Waals surface area contributed by atoms with Crippen molar-refractivity contribution in [2.75, 3.05) is 11.9 Å². The summed E-state index contributed by atoms with van der Waals surface area (Å²) in [6, 6.07) is 16.5. The maximum Gasteiger partial charge on any atom is 0.261 e. The number of benzene rings is 3. The second-order valence-corrected chi connectivity index (χ2v) is 7.94. The van der Waals surface area contributed by atoms with Gasteiger partial charge in [0.1, 0.15) is 0 Å². The van der Waals surface area contributed by atoms with Gasteiger partial charge in [-0.15, -0.1) is 0 Å². The molecule has 0 unspecified atom stereocenters. The predicted molar refractivity (Wildman–Crippen MR) is 116 cm³/mol. The van der Waals surface area contributed by atoms with Gasteiger partial charge < -0.3 is 5.32 Å². The molecular weight excluding hydrogens is 432 g/mol. The Balaban J connectivity index is 1.42. The molecule has 0 saturated carbocycles. The molecule has 6 heteroatoms. The summed E-state index contributed by atoms with van der Waals surface area (Å²) in [4.78, 5) is 39.2. The van der Waals surface area contributed by atoms with Gasteiger partial charge in [-0.3, -0.25) is 19.3 Å². The molecule has 0 radical (unpaired) electrons. The molecule has 146 valence electrons. The molecule has 0 aromatic heterocycles. The number of carbonyl (C=O) groups excluding carboxylic acids is 3. The monoisotopic (exact) mass is 450 g/mol. The smallest absolute Gasteiger partial charge is 0.261 e. The van der Waals surface area contributed by atoms with E-state index in [-0.39, 0.29) is 30.7 Å². The Morgan fingerprint density at radius 1 is 1.00 bits per heavy atom. The highest BCUT2D eigenvalue weighted by Crippen LogP contribution is 2.30. The van der Waals surface area contributed by atoms with E-state index in [0.29, 0.717) is 22.9 Å². The molecule has 0 aliphatic carbocycles. The quantitative estimate of drug-likeness (QED) is 0.560. The number of carbonyl (C=O) groups is 3. The Morgan fingerprint density at radius 3 is 2.28 bits per heavy atom. The molecule has 0 bridgehead atoms. The Hall–Kier alpha value is -2.99. The fourth-order valence-electron chi connectivity index (χ4n) is 3.63. The van der Waals surface area contributed by atoms with Crippen molar-refractivity contribution < 1.29 is 14.4 Å². The zero-order valence-corrected chi connectivity index (χ0v) is 17.5. The van der Waals surface area contributed by atoms with Gasteiger partial charge in [-0.2, -0.15) is 0 Å². The van der Waals surface area contributed by atoms with E-state index in [1.807, 2.05) is 49.4 Å². The number of halogens is 1. The number of nitrogens with zero attached hydrogens (tertiary/aromatic N) is 1. The van der Waals surface area contributed by atoms with Gasteiger partial charge in [-0.25, -0.2) is 0 Å². The maximum absolute atomic E-state index is 12.8. The standard InChI is InChI=1S/C23H19BrN2O3/c1-14-13-16(10-11-19(14)24)25-20(27)9-4-12-26-22(28)17-7-2-5-15-6-3-8-18(21(15)17)23(26)29/h2-3,5-8,10-11,13H,4,9,12H2,1H3,(H,25,27).